The molecule has 0 radical (unpaired) electrons. The molecule has 100 valence electrons. The van der Waals surface area contributed by atoms with Crippen molar-refractivity contribution in [1.29, 1.82) is 0 Å². The number of carbonyl (C=O) groups excluding carboxylic acids is 1. The zero-order valence-electron chi connectivity index (χ0n) is 10.5. The minimum absolute atomic E-state index is 0.00163. The maximum atomic E-state index is 11.0. The molecule has 0 aromatic rings. The standard InChI is InChI=1S/C12H23NO4/c1-2-17-11(15)9-16-8-7-13-12(10-14)5-3-4-6-12/h13-14H,2-10H2,1H3. The Kier molecular flexibility index (Phi) is 6.47. The number of rotatable bonds is 8. The first-order valence-corrected chi connectivity index (χ1v) is 6.32. The third-order valence-electron chi connectivity index (χ3n) is 3.13. The second-order valence-electron chi connectivity index (χ2n) is 4.43. The van der Waals surface area contributed by atoms with Gasteiger partial charge in [-0.25, -0.2) is 4.79 Å². The molecule has 0 saturated heterocycles. The van der Waals surface area contributed by atoms with Crippen LogP contribution in [-0.2, 0) is 14.3 Å². The van der Waals surface area contributed by atoms with E-state index in [0.29, 0.717) is 19.8 Å². The van der Waals surface area contributed by atoms with E-state index in [-0.39, 0.29) is 24.7 Å². The number of aliphatic hydroxyl groups is 1. The maximum absolute atomic E-state index is 11.0. The lowest BCUT2D eigenvalue weighted by Gasteiger charge is -2.28. The van der Waals surface area contributed by atoms with E-state index in [1.807, 2.05) is 0 Å². The minimum atomic E-state index is -0.328. The van der Waals surface area contributed by atoms with Gasteiger partial charge in [0, 0.05) is 12.1 Å². The predicted octanol–water partition coefficient (Wildman–Crippen LogP) is 0.461. The lowest BCUT2D eigenvalue weighted by molar-refractivity contribution is -0.148. The third-order valence-corrected chi connectivity index (χ3v) is 3.13. The van der Waals surface area contributed by atoms with E-state index in [4.69, 9.17) is 9.47 Å². The first kappa shape index (κ1) is 14.4. The first-order valence-electron chi connectivity index (χ1n) is 6.32. The van der Waals surface area contributed by atoms with Crippen LogP contribution < -0.4 is 5.32 Å². The Morgan fingerprint density at radius 1 is 1.41 bits per heavy atom. The average Bonchev–Trinajstić information content (AvgIpc) is 2.78. The summed E-state index contributed by atoms with van der Waals surface area (Å²) in [6.45, 7) is 3.44. The predicted molar refractivity (Wildman–Crippen MR) is 63.7 cm³/mol. The van der Waals surface area contributed by atoms with Crippen LogP contribution >= 0.6 is 0 Å². The highest BCUT2D eigenvalue weighted by molar-refractivity contribution is 5.70. The molecule has 0 spiro atoms. The summed E-state index contributed by atoms with van der Waals surface area (Å²) in [5.41, 5.74) is -0.118. The summed E-state index contributed by atoms with van der Waals surface area (Å²) in [7, 11) is 0. The summed E-state index contributed by atoms with van der Waals surface area (Å²) in [6, 6.07) is 0. The fraction of sp³-hybridized carbons (Fsp3) is 0.917. The quantitative estimate of drug-likeness (QED) is 0.480. The van der Waals surface area contributed by atoms with Crippen molar-refractivity contribution in [3.05, 3.63) is 0 Å². The Bertz CT molecular complexity index is 227. The fourth-order valence-corrected chi connectivity index (χ4v) is 2.19. The van der Waals surface area contributed by atoms with E-state index >= 15 is 0 Å². The molecule has 1 aliphatic carbocycles. The lowest BCUT2D eigenvalue weighted by Crippen LogP contribution is -2.47. The van der Waals surface area contributed by atoms with Crippen molar-refractivity contribution in [2.75, 3.05) is 33.0 Å². The number of aliphatic hydroxyl groups excluding tert-OH is 1. The van der Waals surface area contributed by atoms with Gasteiger partial charge in [0.25, 0.3) is 0 Å². The largest absolute Gasteiger partial charge is 0.464 e. The van der Waals surface area contributed by atoms with Crippen LogP contribution in [0.4, 0.5) is 0 Å². The third kappa shape index (κ3) is 5.02. The topological polar surface area (TPSA) is 67.8 Å². The van der Waals surface area contributed by atoms with E-state index in [1.54, 1.807) is 6.92 Å². The van der Waals surface area contributed by atoms with Crippen LogP contribution in [0.3, 0.4) is 0 Å². The molecular formula is C12H23NO4. The molecule has 1 fully saturated rings. The summed E-state index contributed by atoms with van der Waals surface area (Å²) in [4.78, 5) is 11.0. The molecular weight excluding hydrogens is 222 g/mol. The minimum Gasteiger partial charge on any atom is -0.464 e. The van der Waals surface area contributed by atoms with Gasteiger partial charge in [0.15, 0.2) is 0 Å². The van der Waals surface area contributed by atoms with Crippen LogP contribution in [0.2, 0.25) is 0 Å². The molecule has 1 saturated carbocycles. The van der Waals surface area contributed by atoms with Crippen molar-refractivity contribution in [3.8, 4) is 0 Å². The van der Waals surface area contributed by atoms with Gasteiger partial charge in [0.05, 0.1) is 19.8 Å². The van der Waals surface area contributed by atoms with Crippen molar-refractivity contribution in [2.45, 2.75) is 38.1 Å². The van der Waals surface area contributed by atoms with Gasteiger partial charge >= 0.3 is 5.97 Å². The highest BCUT2D eigenvalue weighted by Gasteiger charge is 2.32. The molecule has 0 unspecified atom stereocenters. The van der Waals surface area contributed by atoms with E-state index in [9.17, 15) is 9.90 Å². The molecule has 0 heterocycles. The summed E-state index contributed by atoms with van der Waals surface area (Å²) >= 11 is 0. The first-order chi connectivity index (χ1) is 8.22. The normalized spacial score (nSPS) is 18.2. The highest BCUT2D eigenvalue weighted by atomic mass is 16.6. The van der Waals surface area contributed by atoms with Crippen LogP contribution in [0, 0.1) is 0 Å². The zero-order chi connectivity index (χ0) is 12.6. The summed E-state index contributed by atoms with van der Waals surface area (Å²) in [6.07, 6.45) is 4.36. The monoisotopic (exact) mass is 245 g/mol. The van der Waals surface area contributed by atoms with E-state index in [0.717, 1.165) is 25.7 Å². The number of hydrogen-bond donors (Lipinski definition) is 2. The van der Waals surface area contributed by atoms with E-state index in [2.05, 4.69) is 5.32 Å². The van der Waals surface area contributed by atoms with Crippen LogP contribution in [0.15, 0.2) is 0 Å². The lowest BCUT2D eigenvalue weighted by atomic mass is 9.99. The Morgan fingerprint density at radius 3 is 2.71 bits per heavy atom. The van der Waals surface area contributed by atoms with Gasteiger partial charge in [-0.2, -0.15) is 0 Å². The van der Waals surface area contributed by atoms with Crippen LogP contribution in [0.1, 0.15) is 32.6 Å². The summed E-state index contributed by atoms with van der Waals surface area (Å²) in [5, 5.41) is 12.7. The summed E-state index contributed by atoms with van der Waals surface area (Å²) in [5.74, 6) is -0.328. The molecule has 0 atom stereocenters. The highest BCUT2D eigenvalue weighted by Crippen LogP contribution is 2.28. The van der Waals surface area contributed by atoms with Crippen molar-refractivity contribution in [1.82, 2.24) is 5.32 Å². The molecule has 2 N–H and O–H groups in total. The Labute approximate surface area is 102 Å². The van der Waals surface area contributed by atoms with Gasteiger partial charge in [-0.05, 0) is 19.8 Å². The van der Waals surface area contributed by atoms with Crippen molar-refractivity contribution in [3.63, 3.8) is 0 Å². The number of nitrogens with one attached hydrogen (secondary N) is 1. The number of hydrogen-bond acceptors (Lipinski definition) is 5. The Balaban J connectivity index is 2.05. The zero-order valence-corrected chi connectivity index (χ0v) is 10.5. The Hall–Kier alpha value is -0.650. The molecule has 5 heteroatoms. The molecule has 0 amide bonds. The van der Waals surface area contributed by atoms with E-state index < -0.39 is 0 Å². The second-order valence-corrected chi connectivity index (χ2v) is 4.43. The Morgan fingerprint density at radius 2 is 2.12 bits per heavy atom. The van der Waals surface area contributed by atoms with Crippen LogP contribution in [0.5, 0.6) is 0 Å². The van der Waals surface area contributed by atoms with Crippen molar-refractivity contribution < 1.29 is 19.4 Å². The van der Waals surface area contributed by atoms with Crippen molar-refractivity contribution in [2.24, 2.45) is 0 Å². The van der Waals surface area contributed by atoms with Crippen LogP contribution in [0.25, 0.3) is 0 Å². The molecule has 0 bridgehead atoms. The molecule has 1 rings (SSSR count). The molecule has 0 aliphatic heterocycles. The molecule has 0 aromatic carbocycles. The molecule has 0 aromatic heterocycles. The van der Waals surface area contributed by atoms with Crippen LogP contribution in [-0.4, -0.2) is 49.6 Å². The number of esters is 1. The smallest absolute Gasteiger partial charge is 0.332 e. The fourth-order valence-electron chi connectivity index (χ4n) is 2.19. The second kappa shape index (κ2) is 7.63. The van der Waals surface area contributed by atoms with Gasteiger partial charge in [0.1, 0.15) is 6.61 Å². The number of carbonyl (C=O) groups is 1. The van der Waals surface area contributed by atoms with Gasteiger partial charge in [-0.1, -0.05) is 12.8 Å². The van der Waals surface area contributed by atoms with Gasteiger partial charge in [0.2, 0.25) is 0 Å². The molecule has 5 nitrogen and oxygen atoms in total. The summed E-state index contributed by atoms with van der Waals surface area (Å²) < 4.78 is 9.92. The van der Waals surface area contributed by atoms with Gasteiger partial charge < -0.3 is 19.9 Å². The van der Waals surface area contributed by atoms with Gasteiger partial charge in [-0.3, -0.25) is 0 Å². The maximum Gasteiger partial charge on any atom is 0.332 e. The van der Waals surface area contributed by atoms with Gasteiger partial charge in [-0.15, -0.1) is 0 Å². The SMILES string of the molecule is CCOC(=O)COCCNC1(CO)CCCC1. The average molecular weight is 245 g/mol. The van der Waals surface area contributed by atoms with Crippen molar-refractivity contribution >= 4 is 5.97 Å². The molecule has 17 heavy (non-hydrogen) atoms. The van der Waals surface area contributed by atoms with E-state index in [1.165, 1.54) is 0 Å². The molecule has 1 aliphatic rings. The number of ether oxygens (including phenoxy) is 2.